The van der Waals surface area contributed by atoms with Crippen LogP contribution in [0.15, 0.2) is 59.5 Å². The first-order chi connectivity index (χ1) is 9.31. The van der Waals surface area contributed by atoms with Crippen LogP contribution in [0.2, 0.25) is 0 Å². The highest BCUT2D eigenvalue weighted by molar-refractivity contribution is 8.07. The summed E-state index contributed by atoms with van der Waals surface area (Å²) in [5.74, 6) is 3.50. The molecule has 2 atom stereocenters. The van der Waals surface area contributed by atoms with Crippen LogP contribution in [0.4, 0.5) is 0 Å². The monoisotopic (exact) mass is 290 g/mol. The summed E-state index contributed by atoms with van der Waals surface area (Å²) >= 11 is 1.88. The Morgan fingerprint density at radius 1 is 1.05 bits per heavy atom. The van der Waals surface area contributed by atoms with E-state index in [1.807, 2.05) is 66.4 Å². The maximum absolute atomic E-state index is 12.0. The van der Waals surface area contributed by atoms with Crippen LogP contribution in [-0.4, -0.2) is 21.0 Å². The van der Waals surface area contributed by atoms with Gasteiger partial charge in [0.2, 0.25) is 0 Å². The Hall–Kier alpha value is -1.26. The van der Waals surface area contributed by atoms with Gasteiger partial charge in [-0.3, -0.25) is 4.21 Å². The van der Waals surface area contributed by atoms with Crippen LogP contribution < -0.4 is 4.74 Å². The number of ether oxygens (including phenoxy) is 1. The zero-order valence-electron chi connectivity index (χ0n) is 10.3. The number of hydrogen-bond acceptors (Lipinski definition) is 3. The van der Waals surface area contributed by atoms with E-state index in [2.05, 4.69) is 0 Å². The van der Waals surface area contributed by atoms with Crippen LogP contribution in [0.5, 0.6) is 11.5 Å². The van der Waals surface area contributed by atoms with Gasteiger partial charge < -0.3 is 4.74 Å². The predicted octanol–water partition coefficient (Wildman–Crippen LogP) is 3.70. The number of rotatable bonds is 5. The largest absolute Gasteiger partial charge is 0.457 e. The van der Waals surface area contributed by atoms with Crippen molar-refractivity contribution in [3.63, 3.8) is 0 Å². The third kappa shape index (κ3) is 3.61. The van der Waals surface area contributed by atoms with Gasteiger partial charge in [0.1, 0.15) is 11.5 Å². The second kappa shape index (κ2) is 5.80. The molecule has 0 radical (unpaired) electrons. The summed E-state index contributed by atoms with van der Waals surface area (Å²) in [7, 11) is -0.882. The molecule has 3 rings (SSSR count). The van der Waals surface area contributed by atoms with Gasteiger partial charge >= 0.3 is 0 Å². The van der Waals surface area contributed by atoms with E-state index in [1.165, 1.54) is 0 Å². The predicted molar refractivity (Wildman–Crippen MR) is 80.5 cm³/mol. The van der Waals surface area contributed by atoms with Gasteiger partial charge in [-0.25, -0.2) is 0 Å². The van der Waals surface area contributed by atoms with Crippen LogP contribution in [-0.2, 0) is 10.8 Å². The van der Waals surface area contributed by atoms with Crippen molar-refractivity contribution in [2.24, 2.45) is 0 Å². The van der Waals surface area contributed by atoms with E-state index in [0.29, 0.717) is 5.25 Å². The molecule has 0 bridgehead atoms. The molecule has 1 heterocycles. The number of hydrogen-bond donors (Lipinski definition) is 0. The Bertz CT molecular complexity index is 562. The molecular weight excluding hydrogens is 276 g/mol. The summed E-state index contributed by atoms with van der Waals surface area (Å²) in [4.78, 5) is 0.882. The van der Waals surface area contributed by atoms with Gasteiger partial charge in [-0.2, -0.15) is 11.8 Å². The van der Waals surface area contributed by atoms with E-state index in [0.717, 1.165) is 27.9 Å². The second-order valence-corrected chi connectivity index (χ2v) is 7.18. The molecule has 2 nitrogen and oxygen atoms in total. The van der Waals surface area contributed by atoms with Gasteiger partial charge in [0.15, 0.2) is 0 Å². The molecule has 1 aliphatic rings. The van der Waals surface area contributed by atoms with Crippen LogP contribution in [0.3, 0.4) is 0 Å². The molecule has 0 aromatic heterocycles. The van der Waals surface area contributed by atoms with E-state index in [4.69, 9.17) is 4.74 Å². The fraction of sp³-hybridized carbons (Fsp3) is 0.200. The van der Waals surface area contributed by atoms with Gasteiger partial charge in [0.25, 0.3) is 0 Å². The van der Waals surface area contributed by atoms with Gasteiger partial charge in [0.05, 0.1) is 10.8 Å². The Labute approximate surface area is 119 Å². The molecule has 2 aromatic rings. The zero-order chi connectivity index (χ0) is 13.1. The second-order valence-electron chi connectivity index (χ2n) is 4.35. The molecule has 2 aromatic carbocycles. The Morgan fingerprint density at radius 2 is 1.68 bits per heavy atom. The smallest absolute Gasteiger partial charge is 0.127 e. The maximum atomic E-state index is 12.0. The van der Waals surface area contributed by atoms with Gasteiger partial charge in [0, 0.05) is 21.7 Å². The number of thioether (sulfide) groups is 1. The SMILES string of the molecule is O=S(C[C@H]1CS1)c1ccc(Oc2ccccc2)cc1. The molecule has 1 aliphatic heterocycles. The molecule has 1 unspecified atom stereocenters. The van der Waals surface area contributed by atoms with E-state index in [9.17, 15) is 4.21 Å². The first-order valence-corrected chi connectivity index (χ1v) is 8.51. The van der Waals surface area contributed by atoms with Gasteiger partial charge in [-0.05, 0) is 36.4 Å². The number of benzene rings is 2. The fourth-order valence-corrected chi connectivity index (χ4v) is 3.96. The average Bonchev–Trinajstić information content (AvgIpc) is 3.25. The van der Waals surface area contributed by atoms with Crippen LogP contribution in [0.25, 0.3) is 0 Å². The molecule has 0 amide bonds. The molecule has 0 N–H and O–H groups in total. The highest BCUT2D eigenvalue weighted by Gasteiger charge is 2.25. The average molecular weight is 290 g/mol. The molecule has 0 saturated carbocycles. The minimum absolute atomic E-state index is 0.598. The Kier molecular flexibility index (Phi) is 3.89. The summed E-state index contributed by atoms with van der Waals surface area (Å²) in [5, 5.41) is 0.598. The summed E-state index contributed by atoms with van der Waals surface area (Å²) < 4.78 is 17.7. The van der Waals surface area contributed by atoms with Crippen molar-refractivity contribution in [2.45, 2.75) is 10.1 Å². The molecule has 1 saturated heterocycles. The standard InChI is InChI=1S/C15H14O2S2/c16-19(11-14-10-18-14)15-8-6-13(7-9-15)17-12-4-2-1-3-5-12/h1-9,14H,10-11H2/t14-,19?/m1/s1. The van der Waals surface area contributed by atoms with Crippen molar-refractivity contribution >= 4 is 22.6 Å². The van der Waals surface area contributed by atoms with E-state index in [-0.39, 0.29) is 0 Å². The van der Waals surface area contributed by atoms with Gasteiger partial charge in [-0.15, -0.1) is 0 Å². The Morgan fingerprint density at radius 3 is 2.32 bits per heavy atom. The third-order valence-corrected chi connectivity index (χ3v) is 5.49. The molecule has 19 heavy (non-hydrogen) atoms. The van der Waals surface area contributed by atoms with Crippen LogP contribution in [0, 0.1) is 0 Å². The molecule has 1 fully saturated rings. The van der Waals surface area contributed by atoms with Crippen LogP contribution in [0.1, 0.15) is 0 Å². The lowest BCUT2D eigenvalue weighted by molar-refractivity contribution is 0.482. The fourth-order valence-electron chi connectivity index (χ4n) is 1.71. The van der Waals surface area contributed by atoms with Crippen molar-refractivity contribution in [1.82, 2.24) is 0 Å². The van der Waals surface area contributed by atoms with Crippen molar-refractivity contribution in [3.05, 3.63) is 54.6 Å². The zero-order valence-corrected chi connectivity index (χ0v) is 12.0. The quantitative estimate of drug-likeness (QED) is 0.785. The summed E-state index contributed by atoms with van der Waals surface area (Å²) in [5.41, 5.74) is 0. The minimum atomic E-state index is -0.882. The van der Waals surface area contributed by atoms with Crippen molar-refractivity contribution in [3.8, 4) is 11.5 Å². The Balaban J connectivity index is 1.66. The molecule has 0 spiro atoms. The van der Waals surface area contributed by atoms with Crippen molar-refractivity contribution < 1.29 is 8.95 Å². The first kappa shape index (κ1) is 12.8. The maximum Gasteiger partial charge on any atom is 0.127 e. The molecule has 98 valence electrons. The van der Waals surface area contributed by atoms with Crippen LogP contribution >= 0.6 is 11.8 Å². The minimum Gasteiger partial charge on any atom is -0.457 e. The topological polar surface area (TPSA) is 26.3 Å². The molecular formula is C15H14O2S2. The summed E-state index contributed by atoms with van der Waals surface area (Å²) in [6.07, 6.45) is 0. The van der Waals surface area contributed by atoms with Crippen molar-refractivity contribution in [2.75, 3.05) is 11.5 Å². The van der Waals surface area contributed by atoms with E-state index >= 15 is 0 Å². The lowest BCUT2D eigenvalue weighted by Gasteiger charge is -2.06. The highest BCUT2D eigenvalue weighted by atomic mass is 32.2. The molecule has 0 aliphatic carbocycles. The molecule has 4 heteroatoms. The highest BCUT2D eigenvalue weighted by Crippen LogP contribution is 2.32. The van der Waals surface area contributed by atoms with Crippen molar-refractivity contribution in [1.29, 1.82) is 0 Å². The lowest BCUT2D eigenvalue weighted by Crippen LogP contribution is -2.02. The summed E-state index contributed by atoms with van der Waals surface area (Å²) in [6.45, 7) is 0. The normalized spacial score (nSPS) is 18.8. The third-order valence-electron chi connectivity index (χ3n) is 2.81. The van der Waals surface area contributed by atoms with E-state index in [1.54, 1.807) is 0 Å². The lowest BCUT2D eigenvalue weighted by atomic mass is 10.3. The van der Waals surface area contributed by atoms with E-state index < -0.39 is 10.8 Å². The first-order valence-electron chi connectivity index (χ1n) is 6.14. The summed E-state index contributed by atoms with van der Waals surface area (Å²) in [6, 6.07) is 17.2. The van der Waals surface area contributed by atoms with Gasteiger partial charge in [-0.1, -0.05) is 18.2 Å². The number of para-hydroxylation sites is 1.